The second-order valence-corrected chi connectivity index (χ2v) is 11.3. The Kier molecular flexibility index (Phi) is 6.81. The minimum atomic E-state index is -3.15. The van der Waals surface area contributed by atoms with Gasteiger partial charge in [-0.25, -0.2) is 13.2 Å². The standard InChI is InChI=1S/C19H34N2O5S/c1-19(2,3)26-18(23)21-11-9-14(10-12-21)13-17(22)20(4)15-7-6-8-16(15)27(5,24)25/h14-16H,6-13H2,1-5H3/t15-,16-/m1/s1. The number of likely N-dealkylation sites (tertiary alicyclic amines) is 1. The molecule has 27 heavy (non-hydrogen) atoms. The SMILES string of the molecule is CN(C(=O)CC1CCN(C(=O)OC(C)(C)C)CC1)[C@@H]1CCC[C@H]1S(C)(=O)=O. The topological polar surface area (TPSA) is 84.0 Å². The molecule has 1 aliphatic heterocycles. The van der Waals surface area contributed by atoms with Crippen LogP contribution in [0.4, 0.5) is 4.79 Å². The molecular weight excluding hydrogens is 368 g/mol. The van der Waals surface area contributed by atoms with E-state index in [9.17, 15) is 18.0 Å². The zero-order valence-corrected chi connectivity index (χ0v) is 18.0. The Bertz CT molecular complexity index is 648. The highest BCUT2D eigenvalue weighted by molar-refractivity contribution is 7.91. The number of hydrogen-bond donors (Lipinski definition) is 0. The van der Waals surface area contributed by atoms with Crippen molar-refractivity contribution in [1.29, 1.82) is 0 Å². The van der Waals surface area contributed by atoms with Gasteiger partial charge in [-0.1, -0.05) is 0 Å². The molecule has 7 nitrogen and oxygen atoms in total. The van der Waals surface area contributed by atoms with Crippen LogP contribution in [-0.4, -0.2) is 73.5 Å². The third kappa shape index (κ3) is 6.09. The van der Waals surface area contributed by atoms with Crippen molar-refractivity contribution in [2.24, 2.45) is 5.92 Å². The summed E-state index contributed by atoms with van der Waals surface area (Å²) in [5.74, 6) is 0.225. The highest BCUT2D eigenvalue weighted by Crippen LogP contribution is 2.30. The molecule has 2 fully saturated rings. The van der Waals surface area contributed by atoms with Crippen LogP contribution in [0.5, 0.6) is 0 Å². The minimum absolute atomic E-state index is 0.00580. The Morgan fingerprint density at radius 2 is 1.70 bits per heavy atom. The van der Waals surface area contributed by atoms with E-state index in [1.54, 1.807) is 16.8 Å². The molecule has 0 aromatic heterocycles. The first kappa shape index (κ1) is 22.0. The molecule has 1 aliphatic carbocycles. The molecular formula is C19H34N2O5S. The average Bonchev–Trinajstić information content (AvgIpc) is 3.03. The van der Waals surface area contributed by atoms with Crippen LogP contribution in [0.2, 0.25) is 0 Å². The Balaban J connectivity index is 1.84. The van der Waals surface area contributed by atoms with Gasteiger partial charge < -0.3 is 14.5 Å². The highest BCUT2D eigenvalue weighted by Gasteiger charge is 2.39. The van der Waals surface area contributed by atoms with E-state index < -0.39 is 20.7 Å². The summed E-state index contributed by atoms with van der Waals surface area (Å²) in [5.41, 5.74) is -0.510. The van der Waals surface area contributed by atoms with Gasteiger partial charge in [-0.2, -0.15) is 0 Å². The number of amides is 2. The third-order valence-corrected chi connectivity index (χ3v) is 7.24. The van der Waals surface area contributed by atoms with Gasteiger partial charge in [0.15, 0.2) is 9.84 Å². The summed E-state index contributed by atoms with van der Waals surface area (Å²) < 4.78 is 29.3. The largest absolute Gasteiger partial charge is 0.444 e. The van der Waals surface area contributed by atoms with E-state index in [-0.39, 0.29) is 24.0 Å². The fourth-order valence-corrected chi connectivity index (χ4v) is 5.56. The zero-order chi connectivity index (χ0) is 20.4. The van der Waals surface area contributed by atoms with Gasteiger partial charge in [-0.15, -0.1) is 0 Å². The smallest absolute Gasteiger partial charge is 0.410 e. The van der Waals surface area contributed by atoms with Gasteiger partial charge in [0.2, 0.25) is 5.91 Å². The van der Waals surface area contributed by atoms with Gasteiger partial charge in [-0.3, -0.25) is 4.79 Å². The van der Waals surface area contributed by atoms with Gasteiger partial charge in [0.05, 0.1) is 5.25 Å². The molecule has 0 N–H and O–H groups in total. The van der Waals surface area contributed by atoms with Crippen LogP contribution in [0.3, 0.4) is 0 Å². The van der Waals surface area contributed by atoms with Crippen LogP contribution in [-0.2, 0) is 19.4 Å². The van der Waals surface area contributed by atoms with E-state index in [1.165, 1.54) is 6.26 Å². The molecule has 2 atom stereocenters. The summed E-state index contributed by atoms with van der Waals surface area (Å²) in [5, 5.41) is -0.444. The van der Waals surface area contributed by atoms with Gasteiger partial charge in [-0.05, 0) is 58.8 Å². The van der Waals surface area contributed by atoms with E-state index in [0.29, 0.717) is 25.9 Å². The molecule has 0 bridgehead atoms. The summed E-state index contributed by atoms with van der Waals surface area (Å²) in [6.07, 6.45) is 5.12. The van der Waals surface area contributed by atoms with Crippen molar-refractivity contribution in [3.63, 3.8) is 0 Å². The van der Waals surface area contributed by atoms with Crippen molar-refractivity contribution in [3.05, 3.63) is 0 Å². The molecule has 0 aromatic rings. The molecule has 0 radical (unpaired) electrons. The molecule has 0 unspecified atom stereocenters. The summed E-state index contributed by atoms with van der Waals surface area (Å²) in [6.45, 7) is 6.72. The van der Waals surface area contributed by atoms with E-state index in [0.717, 1.165) is 25.7 Å². The van der Waals surface area contributed by atoms with Crippen molar-refractivity contribution >= 4 is 21.8 Å². The number of ether oxygens (including phenoxy) is 1. The predicted molar refractivity (Wildman–Crippen MR) is 104 cm³/mol. The minimum Gasteiger partial charge on any atom is -0.444 e. The zero-order valence-electron chi connectivity index (χ0n) is 17.2. The van der Waals surface area contributed by atoms with Gasteiger partial charge in [0.25, 0.3) is 0 Å². The quantitative estimate of drug-likeness (QED) is 0.721. The van der Waals surface area contributed by atoms with Crippen LogP contribution < -0.4 is 0 Å². The molecule has 1 saturated carbocycles. The van der Waals surface area contributed by atoms with Crippen LogP contribution in [0.1, 0.15) is 59.3 Å². The Morgan fingerprint density at radius 1 is 1.11 bits per heavy atom. The number of rotatable bonds is 4. The number of carbonyl (C=O) groups excluding carboxylic acids is 2. The maximum atomic E-state index is 12.7. The molecule has 1 saturated heterocycles. The predicted octanol–water partition coefficient (Wildman–Crippen LogP) is 2.45. The van der Waals surface area contributed by atoms with Crippen molar-refractivity contribution in [2.45, 2.75) is 76.2 Å². The molecule has 2 aliphatic rings. The van der Waals surface area contributed by atoms with Crippen LogP contribution >= 0.6 is 0 Å². The second kappa shape index (κ2) is 8.37. The van der Waals surface area contributed by atoms with E-state index in [4.69, 9.17) is 4.74 Å². The Labute approximate surface area is 163 Å². The molecule has 156 valence electrons. The van der Waals surface area contributed by atoms with Crippen LogP contribution in [0.15, 0.2) is 0 Å². The van der Waals surface area contributed by atoms with Crippen LogP contribution in [0, 0.1) is 5.92 Å². The molecule has 0 aromatic carbocycles. The van der Waals surface area contributed by atoms with Gasteiger partial charge in [0, 0.05) is 38.9 Å². The normalized spacial score (nSPS) is 24.7. The second-order valence-electron chi connectivity index (χ2n) is 8.99. The number of nitrogens with zero attached hydrogens (tertiary/aromatic N) is 2. The molecule has 2 amide bonds. The lowest BCUT2D eigenvalue weighted by Crippen LogP contribution is -2.46. The lowest BCUT2D eigenvalue weighted by Gasteiger charge is -2.35. The third-order valence-electron chi connectivity index (χ3n) is 5.59. The fourth-order valence-electron chi connectivity index (χ4n) is 4.07. The molecule has 2 rings (SSSR count). The van der Waals surface area contributed by atoms with E-state index >= 15 is 0 Å². The van der Waals surface area contributed by atoms with E-state index in [1.807, 2.05) is 20.8 Å². The fraction of sp³-hybridized carbons (Fsp3) is 0.895. The number of carbonyl (C=O) groups is 2. The summed E-state index contributed by atoms with van der Waals surface area (Å²) in [4.78, 5) is 28.2. The Morgan fingerprint density at radius 3 is 2.22 bits per heavy atom. The van der Waals surface area contributed by atoms with Crippen molar-refractivity contribution in [1.82, 2.24) is 9.80 Å². The van der Waals surface area contributed by atoms with Crippen molar-refractivity contribution in [2.75, 3.05) is 26.4 Å². The van der Waals surface area contributed by atoms with E-state index in [2.05, 4.69) is 0 Å². The van der Waals surface area contributed by atoms with Crippen LogP contribution in [0.25, 0.3) is 0 Å². The summed E-state index contributed by atoms with van der Waals surface area (Å²) >= 11 is 0. The first-order valence-corrected chi connectivity index (χ1v) is 11.8. The maximum absolute atomic E-state index is 12.7. The summed E-state index contributed by atoms with van der Waals surface area (Å²) in [7, 11) is -1.42. The van der Waals surface area contributed by atoms with Crippen molar-refractivity contribution < 1.29 is 22.7 Å². The van der Waals surface area contributed by atoms with Gasteiger partial charge >= 0.3 is 6.09 Å². The number of piperidine rings is 1. The maximum Gasteiger partial charge on any atom is 0.410 e. The average molecular weight is 403 g/mol. The first-order chi connectivity index (χ1) is 12.4. The molecule has 1 heterocycles. The first-order valence-electron chi connectivity index (χ1n) is 9.81. The molecule has 8 heteroatoms. The highest BCUT2D eigenvalue weighted by atomic mass is 32.2. The van der Waals surface area contributed by atoms with Gasteiger partial charge in [0.1, 0.15) is 5.60 Å². The van der Waals surface area contributed by atoms with Crippen molar-refractivity contribution in [3.8, 4) is 0 Å². The monoisotopic (exact) mass is 402 g/mol. The molecule has 0 spiro atoms. The number of sulfone groups is 1. The lowest BCUT2D eigenvalue weighted by molar-refractivity contribution is -0.133. The lowest BCUT2D eigenvalue weighted by atomic mass is 9.93. The Hall–Kier alpha value is -1.31. The summed E-state index contributed by atoms with van der Waals surface area (Å²) in [6, 6.07) is -0.214. The number of hydrogen-bond acceptors (Lipinski definition) is 5.